The van der Waals surface area contributed by atoms with Crippen molar-refractivity contribution in [3.63, 3.8) is 0 Å². The Kier molecular flexibility index (Phi) is 2.73. The monoisotopic (exact) mass is 209 g/mol. The Bertz CT molecular complexity index is 334. The Hall–Kier alpha value is -1.02. The number of carbonyl (C=O) groups excluding carboxylic acids is 1. The van der Waals surface area contributed by atoms with E-state index in [4.69, 9.17) is 11.6 Å². The van der Waals surface area contributed by atoms with Crippen molar-refractivity contribution >= 4 is 17.5 Å². The Morgan fingerprint density at radius 3 is 2.64 bits per heavy atom. The second-order valence-corrected chi connectivity index (χ2v) is 4.03. The standard InChI is InChI=1S/C11H12ClNO/c12-10-3-1-8(2-4-10)9-5-6-13-11(14)7-9/h1-4,9H,5-7H2,(H,13,14)/t9-/m0/s1. The van der Waals surface area contributed by atoms with E-state index in [-0.39, 0.29) is 5.91 Å². The summed E-state index contributed by atoms with van der Waals surface area (Å²) >= 11 is 5.80. The van der Waals surface area contributed by atoms with Crippen LogP contribution in [-0.2, 0) is 4.79 Å². The summed E-state index contributed by atoms with van der Waals surface area (Å²) < 4.78 is 0. The lowest BCUT2D eigenvalue weighted by Crippen LogP contribution is -2.32. The van der Waals surface area contributed by atoms with E-state index in [1.165, 1.54) is 5.56 Å². The molecule has 74 valence electrons. The number of rotatable bonds is 1. The highest BCUT2D eigenvalue weighted by molar-refractivity contribution is 6.30. The molecule has 1 fully saturated rings. The van der Waals surface area contributed by atoms with Crippen LogP contribution in [-0.4, -0.2) is 12.5 Å². The number of carbonyl (C=O) groups is 1. The largest absolute Gasteiger partial charge is 0.356 e. The maximum atomic E-state index is 11.2. The van der Waals surface area contributed by atoms with Gasteiger partial charge in [0.1, 0.15) is 0 Å². The highest BCUT2D eigenvalue weighted by atomic mass is 35.5. The third kappa shape index (κ3) is 2.07. The van der Waals surface area contributed by atoms with E-state index in [1.54, 1.807) is 0 Å². The van der Waals surface area contributed by atoms with E-state index in [2.05, 4.69) is 5.32 Å². The van der Waals surface area contributed by atoms with Crippen LogP contribution in [0.4, 0.5) is 0 Å². The Balaban J connectivity index is 2.14. The number of halogens is 1. The van der Waals surface area contributed by atoms with Crippen LogP contribution in [0.2, 0.25) is 5.02 Å². The quantitative estimate of drug-likeness (QED) is 0.756. The summed E-state index contributed by atoms with van der Waals surface area (Å²) in [7, 11) is 0. The maximum absolute atomic E-state index is 11.2. The van der Waals surface area contributed by atoms with Crippen molar-refractivity contribution in [3.05, 3.63) is 34.9 Å². The van der Waals surface area contributed by atoms with Gasteiger partial charge in [0, 0.05) is 18.0 Å². The minimum Gasteiger partial charge on any atom is -0.356 e. The highest BCUT2D eigenvalue weighted by Gasteiger charge is 2.19. The first-order chi connectivity index (χ1) is 6.75. The van der Waals surface area contributed by atoms with Crippen molar-refractivity contribution in [1.29, 1.82) is 0 Å². The Morgan fingerprint density at radius 1 is 1.29 bits per heavy atom. The van der Waals surface area contributed by atoms with Crippen molar-refractivity contribution in [2.45, 2.75) is 18.8 Å². The average molecular weight is 210 g/mol. The van der Waals surface area contributed by atoms with Crippen molar-refractivity contribution in [2.24, 2.45) is 0 Å². The molecule has 1 aromatic rings. The smallest absolute Gasteiger partial charge is 0.220 e. The molecule has 1 aromatic carbocycles. The van der Waals surface area contributed by atoms with Crippen LogP contribution in [0.25, 0.3) is 0 Å². The molecule has 2 rings (SSSR count). The van der Waals surface area contributed by atoms with Crippen LogP contribution >= 0.6 is 11.6 Å². The Morgan fingerprint density at radius 2 is 2.00 bits per heavy atom. The summed E-state index contributed by atoms with van der Waals surface area (Å²) in [5, 5.41) is 3.57. The summed E-state index contributed by atoms with van der Waals surface area (Å²) in [5.74, 6) is 0.511. The van der Waals surface area contributed by atoms with Gasteiger partial charge in [-0.3, -0.25) is 4.79 Å². The predicted molar refractivity (Wildman–Crippen MR) is 56.4 cm³/mol. The second kappa shape index (κ2) is 4.01. The van der Waals surface area contributed by atoms with Gasteiger partial charge in [0.15, 0.2) is 0 Å². The molecule has 3 heteroatoms. The lowest BCUT2D eigenvalue weighted by molar-refractivity contribution is -0.122. The molecule has 1 aliphatic heterocycles. The van der Waals surface area contributed by atoms with Gasteiger partial charge >= 0.3 is 0 Å². The zero-order chi connectivity index (χ0) is 9.97. The van der Waals surface area contributed by atoms with Crippen LogP contribution in [0.5, 0.6) is 0 Å². The molecular formula is C11H12ClNO. The predicted octanol–water partition coefficient (Wildman–Crippen LogP) is 2.33. The Labute approximate surface area is 88.3 Å². The topological polar surface area (TPSA) is 29.1 Å². The summed E-state index contributed by atoms with van der Waals surface area (Å²) in [5.41, 5.74) is 1.21. The molecule has 14 heavy (non-hydrogen) atoms. The first-order valence-electron chi connectivity index (χ1n) is 4.78. The van der Waals surface area contributed by atoms with Crippen molar-refractivity contribution in [2.75, 3.05) is 6.54 Å². The van der Waals surface area contributed by atoms with E-state index in [0.29, 0.717) is 12.3 Å². The van der Waals surface area contributed by atoms with Gasteiger partial charge in [0.25, 0.3) is 0 Å². The van der Waals surface area contributed by atoms with Gasteiger partial charge in [-0.25, -0.2) is 0 Å². The molecule has 1 heterocycles. The minimum absolute atomic E-state index is 0.149. The van der Waals surface area contributed by atoms with Gasteiger partial charge in [-0.15, -0.1) is 0 Å². The number of benzene rings is 1. The first-order valence-corrected chi connectivity index (χ1v) is 5.15. The van der Waals surface area contributed by atoms with Gasteiger partial charge in [0.05, 0.1) is 0 Å². The minimum atomic E-state index is 0.149. The molecular weight excluding hydrogens is 198 g/mol. The number of amides is 1. The molecule has 0 saturated carbocycles. The fraction of sp³-hybridized carbons (Fsp3) is 0.364. The molecule has 0 bridgehead atoms. The van der Waals surface area contributed by atoms with E-state index in [0.717, 1.165) is 18.0 Å². The van der Waals surface area contributed by atoms with Gasteiger partial charge in [-0.05, 0) is 30.0 Å². The average Bonchev–Trinajstić information content (AvgIpc) is 2.19. The molecule has 1 aliphatic rings. The summed E-state index contributed by atoms with van der Waals surface area (Å²) in [6, 6.07) is 7.77. The summed E-state index contributed by atoms with van der Waals surface area (Å²) in [6.07, 6.45) is 1.62. The van der Waals surface area contributed by atoms with E-state index >= 15 is 0 Å². The number of hydrogen-bond acceptors (Lipinski definition) is 1. The van der Waals surface area contributed by atoms with Gasteiger partial charge in [-0.1, -0.05) is 23.7 Å². The van der Waals surface area contributed by atoms with Crippen molar-refractivity contribution < 1.29 is 4.79 Å². The van der Waals surface area contributed by atoms with Crippen LogP contribution in [0, 0.1) is 0 Å². The van der Waals surface area contributed by atoms with Crippen LogP contribution in [0.3, 0.4) is 0 Å². The zero-order valence-electron chi connectivity index (χ0n) is 7.79. The van der Waals surface area contributed by atoms with Crippen molar-refractivity contribution in [3.8, 4) is 0 Å². The molecule has 0 spiro atoms. The van der Waals surface area contributed by atoms with E-state index in [1.807, 2.05) is 24.3 Å². The fourth-order valence-electron chi connectivity index (χ4n) is 1.80. The molecule has 1 atom stereocenters. The fourth-order valence-corrected chi connectivity index (χ4v) is 1.93. The SMILES string of the molecule is O=C1C[C@@H](c2ccc(Cl)cc2)CCN1. The van der Waals surface area contributed by atoms with Crippen LogP contribution in [0.1, 0.15) is 24.3 Å². The second-order valence-electron chi connectivity index (χ2n) is 3.59. The third-order valence-electron chi connectivity index (χ3n) is 2.59. The van der Waals surface area contributed by atoms with Gasteiger partial charge < -0.3 is 5.32 Å². The molecule has 0 aromatic heterocycles. The van der Waals surface area contributed by atoms with Crippen LogP contribution in [0.15, 0.2) is 24.3 Å². The number of nitrogens with one attached hydrogen (secondary N) is 1. The molecule has 2 nitrogen and oxygen atoms in total. The van der Waals surface area contributed by atoms with Crippen LogP contribution < -0.4 is 5.32 Å². The molecule has 0 radical (unpaired) electrons. The normalized spacial score (nSPS) is 21.8. The molecule has 1 N–H and O–H groups in total. The molecule has 1 amide bonds. The van der Waals surface area contributed by atoms with Gasteiger partial charge in [-0.2, -0.15) is 0 Å². The molecule has 0 unspecified atom stereocenters. The number of hydrogen-bond donors (Lipinski definition) is 1. The lowest BCUT2D eigenvalue weighted by Gasteiger charge is -2.22. The van der Waals surface area contributed by atoms with Gasteiger partial charge in [0.2, 0.25) is 5.91 Å². The number of piperidine rings is 1. The lowest BCUT2D eigenvalue weighted by atomic mass is 9.90. The van der Waals surface area contributed by atoms with Crippen molar-refractivity contribution in [1.82, 2.24) is 5.32 Å². The highest BCUT2D eigenvalue weighted by Crippen LogP contribution is 2.26. The van der Waals surface area contributed by atoms with E-state index in [9.17, 15) is 4.79 Å². The zero-order valence-corrected chi connectivity index (χ0v) is 8.55. The first kappa shape index (κ1) is 9.53. The maximum Gasteiger partial charge on any atom is 0.220 e. The molecule has 1 saturated heterocycles. The van der Waals surface area contributed by atoms with E-state index < -0.39 is 0 Å². The summed E-state index contributed by atoms with van der Waals surface area (Å²) in [6.45, 7) is 0.784. The summed E-state index contributed by atoms with van der Waals surface area (Å²) in [4.78, 5) is 11.2. The molecule has 0 aliphatic carbocycles. The third-order valence-corrected chi connectivity index (χ3v) is 2.84.